The molecule has 1 amide bonds. The first kappa shape index (κ1) is 20.7. The summed E-state index contributed by atoms with van der Waals surface area (Å²) in [6.45, 7) is 2.62. The van der Waals surface area contributed by atoms with Gasteiger partial charge in [0.1, 0.15) is 12.4 Å². The van der Waals surface area contributed by atoms with Crippen LogP contribution in [-0.4, -0.2) is 33.5 Å². The van der Waals surface area contributed by atoms with Crippen LogP contribution in [0, 0.1) is 5.82 Å². The van der Waals surface area contributed by atoms with E-state index in [2.05, 4.69) is 15.5 Å². The van der Waals surface area contributed by atoms with Crippen LogP contribution in [0.15, 0.2) is 53.7 Å². The number of thioether (sulfide) groups is 1. The van der Waals surface area contributed by atoms with Crippen molar-refractivity contribution in [1.29, 1.82) is 0 Å². The van der Waals surface area contributed by atoms with Gasteiger partial charge in [0.25, 0.3) is 0 Å². The second-order valence-electron chi connectivity index (χ2n) is 5.90. The fourth-order valence-electron chi connectivity index (χ4n) is 2.62. The van der Waals surface area contributed by atoms with Gasteiger partial charge >= 0.3 is 0 Å². The number of nitrogens with zero attached hydrogens (tertiary/aromatic N) is 3. The first-order chi connectivity index (χ1) is 14.1. The summed E-state index contributed by atoms with van der Waals surface area (Å²) in [5, 5.41) is 11.7. The fourth-order valence-corrected chi connectivity index (χ4v) is 3.44. The van der Waals surface area contributed by atoms with Gasteiger partial charge in [0, 0.05) is 6.54 Å². The number of para-hydroxylation sites is 3. The van der Waals surface area contributed by atoms with E-state index in [1.54, 1.807) is 37.4 Å². The Morgan fingerprint density at radius 1 is 1.14 bits per heavy atom. The predicted octanol–water partition coefficient (Wildman–Crippen LogP) is 3.76. The molecular formula is C20H21FN4O3S. The summed E-state index contributed by atoms with van der Waals surface area (Å²) in [5.74, 6) is 0.846. The van der Waals surface area contributed by atoms with Gasteiger partial charge in [-0.25, -0.2) is 4.39 Å². The normalized spacial score (nSPS) is 10.6. The fraction of sp³-hybridized carbons (Fsp3) is 0.250. The topological polar surface area (TPSA) is 78.3 Å². The van der Waals surface area contributed by atoms with Gasteiger partial charge in [-0.3, -0.25) is 4.79 Å². The Morgan fingerprint density at radius 3 is 2.59 bits per heavy atom. The van der Waals surface area contributed by atoms with Gasteiger partial charge < -0.3 is 19.4 Å². The maximum atomic E-state index is 13.7. The number of hydrogen-bond acceptors (Lipinski definition) is 6. The number of aromatic nitrogens is 3. The predicted molar refractivity (Wildman–Crippen MR) is 109 cm³/mol. The number of benzene rings is 2. The van der Waals surface area contributed by atoms with Crippen molar-refractivity contribution in [3.05, 3.63) is 60.2 Å². The molecule has 152 valence electrons. The van der Waals surface area contributed by atoms with E-state index in [9.17, 15) is 9.18 Å². The van der Waals surface area contributed by atoms with Gasteiger partial charge in [-0.15, -0.1) is 10.2 Å². The number of carbonyl (C=O) groups is 1. The Hall–Kier alpha value is -3.07. The maximum Gasteiger partial charge on any atom is 0.234 e. The van der Waals surface area contributed by atoms with Gasteiger partial charge in [-0.2, -0.15) is 0 Å². The lowest BCUT2D eigenvalue weighted by atomic mass is 10.3. The van der Waals surface area contributed by atoms with Crippen LogP contribution in [0.1, 0.15) is 12.7 Å². The van der Waals surface area contributed by atoms with Crippen molar-refractivity contribution < 1.29 is 18.7 Å². The minimum atomic E-state index is -0.433. The number of methoxy groups -OCH3 is 1. The highest BCUT2D eigenvalue weighted by Crippen LogP contribution is 2.24. The Bertz CT molecular complexity index is 980. The Balaban J connectivity index is 1.60. The van der Waals surface area contributed by atoms with Crippen molar-refractivity contribution in [3.63, 3.8) is 0 Å². The molecule has 3 rings (SSSR count). The second-order valence-corrected chi connectivity index (χ2v) is 6.84. The highest BCUT2D eigenvalue weighted by Gasteiger charge is 2.15. The molecule has 0 saturated heterocycles. The summed E-state index contributed by atoms with van der Waals surface area (Å²) in [4.78, 5) is 12.3. The molecule has 3 aromatic rings. The molecule has 2 aromatic carbocycles. The highest BCUT2D eigenvalue weighted by molar-refractivity contribution is 7.99. The first-order valence-corrected chi connectivity index (χ1v) is 9.96. The van der Waals surface area contributed by atoms with Crippen LogP contribution < -0.4 is 14.8 Å². The molecule has 0 atom stereocenters. The summed E-state index contributed by atoms with van der Waals surface area (Å²) >= 11 is 1.26. The van der Waals surface area contributed by atoms with E-state index in [1.165, 1.54) is 17.8 Å². The van der Waals surface area contributed by atoms with Gasteiger partial charge in [0.15, 0.2) is 22.5 Å². The number of halogens is 1. The van der Waals surface area contributed by atoms with Crippen molar-refractivity contribution in [2.45, 2.75) is 25.2 Å². The standard InChI is InChI=1S/C20H21FN4O3S/c1-3-25-18(12-28-16-10-6-4-8-14(16)21)23-24-20(25)29-13-19(26)22-15-9-5-7-11-17(15)27-2/h4-11H,3,12-13H2,1-2H3,(H,22,26). The number of hydrogen-bond donors (Lipinski definition) is 1. The quantitative estimate of drug-likeness (QED) is 0.535. The number of amides is 1. The van der Waals surface area contributed by atoms with Crippen LogP contribution in [0.25, 0.3) is 0 Å². The van der Waals surface area contributed by atoms with E-state index in [0.717, 1.165) is 0 Å². The number of ether oxygens (including phenoxy) is 2. The zero-order valence-corrected chi connectivity index (χ0v) is 16.9. The van der Waals surface area contributed by atoms with E-state index in [4.69, 9.17) is 9.47 Å². The van der Waals surface area contributed by atoms with Crippen molar-refractivity contribution in [1.82, 2.24) is 14.8 Å². The molecule has 0 saturated carbocycles. The Kier molecular flexibility index (Phi) is 7.07. The molecule has 0 bridgehead atoms. The first-order valence-electron chi connectivity index (χ1n) is 8.97. The lowest BCUT2D eigenvalue weighted by Gasteiger charge is -2.10. The zero-order chi connectivity index (χ0) is 20.6. The van der Waals surface area contributed by atoms with E-state index < -0.39 is 5.82 Å². The zero-order valence-electron chi connectivity index (χ0n) is 16.1. The smallest absolute Gasteiger partial charge is 0.234 e. The lowest BCUT2D eigenvalue weighted by molar-refractivity contribution is -0.113. The molecule has 1 aromatic heterocycles. The minimum absolute atomic E-state index is 0.0791. The third-order valence-electron chi connectivity index (χ3n) is 4.02. The molecule has 0 radical (unpaired) electrons. The molecule has 7 nitrogen and oxygen atoms in total. The van der Waals surface area contributed by atoms with E-state index in [-0.39, 0.29) is 24.0 Å². The van der Waals surface area contributed by atoms with Crippen LogP contribution in [0.5, 0.6) is 11.5 Å². The third-order valence-corrected chi connectivity index (χ3v) is 4.98. The number of anilines is 1. The van der Waals surface area contributed by atoms with Crippen LogP contribution >= 0.6 is 11.8 Å². The molecule has 0 aliphatic carbocycles. The molecule has 9 heteroatoms. The lowest BCUT2D eigenvalue weighted by Crippen LogP contribution is -2.15. The SMILES string of the molecule is CCn1c(COc2ccccc2F)nnc1SCC(=O)Nc1ccccc1OC. The van der Waals surface area contributed by atoms with Gasteiger partial charge in [-0.1, -0.05) is 36.0 Å². The molecule has 0 aliphatic rings. The summed E-state index contributed by atoms with van der Waals surface area (Å²) in [6.07, 6.45) is 0. The van der Waals surface area contributed by atoms with E-state index >= 15 is 0 Å². The van der Waals surface area contributed by atoms with Crippen LogP contribution in [0.3, 0.4) is 0 Å². The molecule has 29 heavy (non-hydrogen) atoms. The molecule has 0 spiro atoms. The van der Waals surface area contributed by atoms with Gasteiger partial charge in [0.05, 0.1) is 18.6 Å². The molecule has 1 heterocycles. The average Bonchev–Trinajstić information content (AvgIpc) is 3.14. The number of nitrogens with one attached hydrogen (secondary N) is 1. The van der Waals surface area contributed by atoms with Crippen LogP contribution in [0.2, 0.25) is 0 Å². The van der Waals surface area contributed by atoms with Crippen LogP contribution in [-0.2, 0) is 17.9 Å². The van der Waals surface area contributed by atoms with Gasteiger partial charge in [-0.05, 0) is 31.2 Å². The number of carbonyl (C=O) groups excluding carboxylic acids is 1. The average molecular weight is 416 g/mol. The molecular weight excluding hydrogens is 395 g/mol. The maximum absolute atomic E-state index is 13.7. The minimum Gasteiger partial charge on any atom is -0.495 e. The summed E-state index contributed by atoms with van der Waals surface area (Å²) in [7, 11) is 1.55. The van der Waals surface area contributed by atoms with E-state index in [1.807, 2.05) is 23.6 Å². The van der Waals surface area contributed by atoms with Crippen molar-refractivity contribution >= 4 is 23.4 Å². The van der Waals surface area contributed by atoms with Crippen molar-refractivity contribution in [3.8, 4) is 11.5 Å². The summed E-state index contributed by atoms with van der Waals surface area (Å²) in [5.41, 5.74) is 0.608. The van der Waals surface area contributed by atoms with Crippen molar-refractivity contribution in [2.75, 3.05) is 18.2 Å². The molecule has 0 aliphatic heterocycles. The van der Waals surface area contributed by atoms with Gasteiger partial charge in [0.2, 0.25) is 5.91 Å². The third kappa shape index (κ3) is 5.26. The summed E-state index contributed by atoms with van der Waals surface area (Å²) < 4.78 is 26.3. The molecule has 1 N–H and O–H groups in total. The van der Waals surface area contributed by atoms with Crippen LogP contribution in [0.4, 0.5) is 10.1 Å². The number of rotatable bonds is 9. The second kappa shape index (κ2) is 9.92. The summed E-state index contributed by atoms with van der Waals surface area (Å²) in [6, 6.07) is 13.4. The Morgan fingerprint density at radius 2 is 1.86 bits per heavy atom. The molecule has 0 fully saturated rings. The highest BCUT2D eigenvalue weighted by atomic mass is 32.2. The monoisotopic (exact) mass is 416 g/mol. The van der Waals surface area contributed by atoms with Crippen molar-refractivity contribution in [2.24, 2.45) is 0 Å². The largest absolute Gasteiger partial charge is 0.495 e. The Labute approximate surface area is 172 Å². The molecule has 0 unspecified atom stereocenters. The van der Waals surface area contributed by atoms with E-state index in [0.29, 0.717) is 29.0 Å².